The van der Waals surface area contributed by atoms with Gasteiger partial charge >= 0.3 is 12.5 Å². The van der Waals surface area contributed by atoms with Gasteiger partial charge in [-0.15, -0.1) is 11.3 Å². The molecular formula is C35H31ClF2N4O3S. The number of ether oxygens (including phenoxy) is 2. The van der Waals surface area contributed by atoms with E-state index in [2.05, 4.69) is 10.1 Å². The summed E-state index contributed by atoms with van der Waals surface area (Å²) >= 11 is 7.77. The molecule has 0 aliphatic heterocycles. The lowest BCUT2D eigenvalue weighted by molar-refractivity contribution is -0.166. The van der Waals surface area contributed by atoms with Crippen molar-refractivity contribution in [3.8, 4) is 33.0 Å². The Kier molecular flexibility index (Phi) is 8.62. The van der Waals surface area contributed by atoms with E-state index in [1.165, 1.54) is 17.5 Å². The number of rotatable bonds is 8. The number of hydrogen-bond acceptors (Lipinski definition) is 7. The second-order valence-corrected chi connectivity index (χ2v) is 13.2. The fourth-order valence-corrected chi connectivity index (χ4v) is 6.71. The number of carbonyl (C=O) groups excluding carboxylic acids is 1. The summed E-state index contributed by atoms with van der Waals surface area (Å²) in [6, 6.07) is 18.4. The number of nitrogens with zero attached hydrogens (tertiary/aromatic N) is 4. The van der Waals surface area contributed by atoms with Crippen molar-refractivity contribution in [2.75, 3.05) is 6.61 Å². The number of thiazole rings is 1. The molecule has 6 aromatic rings. The molecular weight excluding hydrogens is 630 g/mol. The molecule has 3 heterocycles. The van der Waals surface area contributed by atoms with Gasteiger partial charge in [-0.2, -0.15) is 13.9 Å². The molecule has 1 atom stereocenters. The summed E-state index contributed by atoms with van der Waals surface area (Å²) < 4.78 is 40.1. The van der Waals surface area contributed by atoms with E-state index in [1.807, 2.05) is 70.2 Å². The highest BCUT2D eigenvalue weighted by molar-refractivity contribution is 7.22. The molecule has 3 aromatic heterocycles. The molecule has 0 radical (unpaired) electrons. The molecule has 0 aliphatic carbocycles. The van der Waals surface area contributed by atoms with Crippen molar-refractivity contribution in [3.63, 3.8) is 0 Å². The summed E-state index contributed by atoms with van der Waals surface area (Å²) in [7, 11) is 0. The van der Waals surface area contributed by atoms with Gasteiger partial charge in [0.05, 0.1) is 39.8 Å². The van der Waals surface area contributed by atoms with Crippen molar-refractivity contribution in [2.45, 2.75) is 52.9 Å². The van der Waals surface area contributed by atoms with Gasteiger partial charge in [0.15, 0.2) is 6.10 Å². The van der Waals surface area contributed by atoms with Gasteiger partial charge in [0.1, 0.15) is 5.01 Å². The van der Waals surface area contributed by atoms with Gasteiger partial charge in [-0.1, -0.05) is 29.8 Å². The zero-order chi connectivity index (χ0) is 32.7. The summed E-state index contributed by atoms with van der Waals surface area (Å²) in [5.41, 5.74) is 5.99. The minimum Gasteiger partial charge on any atom is -0.464 e. The van der Waals surface area contributed by atoms with Gasteiger partial charge in [-0.3, -0.25) is 4.98 Å². The molecule has 0 amide bonds. The molecule has 6 rings (SSSR count). The zero-order valence-corrected chi connectivity index (χ0v) is 27.4. The zero-order valence-electron chi connectivity index (χ0n) is 25.8. The number of esters is 1. The second kappa shape index (κ2) is 12.5. The Morgan fingerprint density at radius 3 is 2.46 bits per heavy atom. The molecule has 7 nitrogen and oxygen atoms in total. The maximum absolute atomic E-state index is 13.4. The Balaban J connectivity index is 1.51. The number of halogens is 3. The van der Waals surface area contributed by atoms with Crippen molar-refractivity contribution in [3.05, 3.63) is 89.2 Å². The maximum Gasteiger partial charge on any atom is 0.339 e. The van der Waals surface area contributed by atoms with Crippen molar-refractivity contribution in [1.29, 1.82) is 0 Å². The van der Waals surface area contributed by atoms with Gasteiger partial charge in [0, 0.05) is 38.9 Å². The van der Waals surface area contributed by atoms with Crippen LogP contribution in [0.2, 0.25) is 5.02 Å². The molecule has 0 saturated carbocycles. The standard InChI is InChI=1S/C35H31ClF2N4O3S/c1-6-44-33(43)30(45-35(3,4)5)28-19(2)15-26-31(29(28)20-7-10-24(36)11-8-20)46-32(41-26)22-13-14-39-25(17-22)21-9-12-27-23(16-21)18-40-42(27)34(37)38/h7-18,30,34H,6H2,1-5H3. The lowest BCUT2D eigenvalue weighted by Crippen LogP contribution is -2.29. The van der Waals surface area contributed by atoms with Crippen LogP contribution in [0.1, 0.15) is 51.5 Å². The predicted molar refractivity (Wildman–Crippen MR) is 178 cm³/mol. The Labute approximate surface area is 273 Å². The molecule has 236 valence electrons. The topological polar surface area (TPSA) is 79.1 Å². The molecule has 11 heteroatoms. The van der Waals surface area contributed by atoms with E-state index >= 15 is 0 Å². The van der Waals surface area contributed by atoms with Crippen LogP contribution in [0.3, 0.4) is 0 Å². The largest absolute Gasteiger partial charge is 0.464 e. The normalized spacial score (nSPS) is 12.7. The van der Waals surface area contributed by atoms with E-state index in [0.717, 1.165) is 43.0 Å². The first-order valence-corrected chi connectivity index (χ1v) is 15.9. The Bertz CT molecular complexity index is 2070. The summed E-state index contributed by atoms with van der Waals surface area (Å²) in [4.78, 5) is 23.0. The van der Waals surface area contributed by atoms with Gasteiger partial charge in [0.25, 0.3) is 0 Å². The minimum absolute atomic E-state index is 0.219. The quantitative estimate of drug-likeness (QED) is 0.151. The average molecular weight is 661 g/mol. The lowest BCUT2D eigenvalue weighted by atomic mass is 9.91. The highest BCUT2D eigenvalue weighted by Gasteiger charge is 2.33. The second-order valence-electron chi connectivity index (χ2n) is 11.8. The number of carbonyl (C=O) groups is 1. The summed E-state index contributed by atoms with van der Waals surface area (Å²) in [6.07, 6.45) is 2.15. The lowest BCUT2D eigenvalue weighted by Gasteiger charge is -2.29. The van der Waals surface area contributed by atoms with Gasteiger partial charge in [-0.05, 0) is 88.2 Å². The van der Waals surface area contributed by atoms with Crippen LogP contribution in [0.5, 0.6) is 0 Å². The maximum atomic E-state index is 13.4. The molecule has 46 heavy (non-hydrogen) atoms. The van der Waals surface area contributed by atoms with E-state index in [-0.39, 0.29) is 6.61 Å². The SMILES string of the molecule is CCOC(=O)C(OC(C)(C)C)c1c(C)cc2nc(-c3ccnc(-c4ccc5c(cnn5C(F)F)c4)c3)sc2c1-c1ccc(Cl)cc1. The first kappa shape index (κ1) is 31.7. The Hall–Kier alpha value is -4.25. The van der Waals surface area contributed by atoms with E-state index in [9.17, 15) is 13.6 Å². The predicted octanol–water partition coefficient (Wildman–Crippen LogP) is 9.82. The third kappa shape index (κ3) is 6.25. The monoisotopic (exact) mass is 660 g/mol. The molecule has 0 N–H and O–H groups in total. The molecule has 0 bridgehead atoms. The third-order valence-electron chi connectivity index (χ3n) is 7.38. The van der Waals surface area contributed by atoms with Crippen LogP contribution < -0.4 is 0 Å². The molecule has 3 aromatic carbocycles. The first-order chi connectivity index (χ1) is 21.9. The van der Waals surface area contributed by atoms with Crippen LogP contribution in [0.4, 0.5) is 8.78 Å². The van der Waals surface area contributed by atoms with Crippen LogP contribution in [0.15, 0.2) is 73.1 Å². The molecule has 0 aliphatic rings. The number of alkyl halides is 2. The number of pyridine rings is 1. The third-order valence-corrected chi connectivity index (χ3v) is 8.77. The van der Waals surface area contributed by atoms with Crippen molar-refractivity contribution in [1.82, 2.24) is 19.7 Å². The van der Waals surface area contributed by atoms with Crippen LogP contribution in [-0.2, 0) is 14.3 Å². The molecule has 0 spiro atoms. The highest BCUT2D eigenvalue weighted by atomic mass is 35.5. The smallest absolute Gasteiger partial charge is 0.339 e. The Morgan fingerprint density at radius 1 is 1.02 bits per heavy atom. The average Bonchev–Trinajstić information content (AvgIpc) is 3.64. The van der Waals surface area contributed by atoms with E-state index in [0.29, 0.717) is 31.9 Å². The van der Waals surface area contributed by atoms with Crippen LogP contribution in [0, 0.1) is 6.92 Å². The summed E-state index contributed by atoms with van der Waals surface area (Å²) in [6.45, 7) is 6.93. The molecule has 0 saturated heterocycles. The number of aromatic nitrogens is 4. The van der Waals surface area contributed by atoms with Crippen molar-refractivity contribution in [2.24, 2.45) is 0 Å². The van der Waals surface area contributed by atoms with Gasteiger partial charge < -0.3 is 9.47 Å². The number of benzene rings is 3. The van der Waals surface area contributed by atoms with Crippen LogP contribution in [-0.4, -0.2) is 37.9 Å². The van der Waals surface area contributed by atoms with E-state index in [4.69, 9.17) is 26.1 Å². The number of aryl methyl sites for hydroxylation is 1. The van der Waals surface area contributed by atoms with E-state index < -0.39 is 24.2 Å². The van der Waals surface area contributed by atoms with Crippen molar-refractivity contribution >= 4 is 50.0 Å². The fraction of sp³-hybridized carbons (Fsp3) is 0.257. The van der Waals surface area contributed by atoms with Crippen LogP contribution in [0.25, 0.3) is 54.1 Å². The van der Waals surface area contributed by atoms with E-state index in [1.54, 1.807) is 31.3 Å². The number of hydrogen-bond donors (Lipinski definition) is 0. The van der Waals surface area contributed by atoms with Gasteiger partial charge in [0.2, 0.25) is 0 Å². The highest BCUT2D eigenvalue weighted by Crippen LogP contribution is 2.45. The Morgan fingerprint density at radius 2 is 1.76 bits per heavy atom. The van der Waals surface area contributed by atoms with Crippen LogP contribution >= 0.6 is 22.9 Å². The van der Waals surface area contributed by atoms with Gasteiger partial charge in [-0.25, -0.2) is 14.5 Å². The molecule has 1 unspecified atom stereocenters. The summed E-state index contributed by atoms with van der Waals surface area (Å²) in [5, 5.41) is 5.75. The minimum atomic E-state index is -2.72. The number of fused-ring (bicyclic) bond motifs is 2. The fourth-order valence-electron chi connectivity index (χ4n) is 5.46. The first-order valence-electron chi connectivity index (χ1n) is 14.7. The summed E-state index contributed by atoms with van der Waals surface area (Å²) in [5.74, 6) is -0.463. The molecule has 0 fully saturated rings. The van der Waals surface area contributed by atoms with Crippen molar-refractivity contribution < 1.29 is 23.0 Å².